The number of hydrazine groups is 1. The van der Waals surface area contributed by atoms with Gasteiger partial charge in [-0.05, 0) is 39.3 Å². The Labute approximate surface area is 73.1 Å². The van der Waals surface area contributed by atoms with Gasteiger partial charge in [-0.1, -0.05) is 0 Å². The molecule has 0 fully saturated rings. The summed E-state index contributed by atoms with van der Waals surface area (Å²) in [5, 5.41) is 1.64. The van der Waals surface area contributed by atoms with Crippen LogP contribution in [0.15, 0.2) is 0 Å². The average Bonchev–Trinajstić information content (AvgIpc) is 1.86. The van der Waals surface area contributed by atoms with Gasteiger partial charge in [0.25, 0.3) is 0 Å². The number of thiocarbonyl (C=S) groups is 1. The van der Waals surface area contributed by atoms with Crippen molar-refractivity contribution < 1.29 is 0 Å². The largest absolute Gasteiger partial charge is 0.375 e. The molecule has 0 unspecified atom stereocenters. The van der Waals surface area contributed by atoms with E-state index in [4.69, 9.17) is 11.6 Å². The maximum absolute atomic E-state index is 5.45. The van der Waals surface area contributed by atoms with Crippen LogP contribution in [0, 0.1) is 0 Å². The number of nitrogens with zero attached hydrogens (tertiary/aromatic N) is 2. The van der Waals surface area contributed by atoms with E-state index < -0.39 is 0 Å². The average molecular weight is 176 g/mol. The lowest BCUT2D eigenvalue weighted by atomic mass is 10.4. The zero-order valence-corrected chi connectivity index (χ0v) is 7.90. The summed E-state index contributed by atoms with van der Waals surface area (Å²) in [6, 6.07) is 0. The summed E-state index contributed by atoms with van der Waals surface area (Å²) >= 11 is 4.66. The molecule has 0 radical (unpaired) electrons. The standard InChI is InChI=1S/C6H16N4S/c1-9(2)4-3-5-10(8)6(7)11/h3-5,8H2,1-2H3,(H2,7,11). The fourth-order valence-electron chi connectivity index (χ4n) is 0.667. The minimum Gasteiger partial charge on any atom is -0.375 e. The number of hydrogen-bond donors (Lipinski definition) is 2. The maximum atomic E-state index is 5.45. The summed E-state index contributed by atoms with van der Waals surface area (Å²) in [4.78, 5) is 2.09. The second-order valence-electron chi connectivity index (χ2n) is 2.69. The van der Waals surface area contributed by atoms with Crippen molar-refractivity contribution in [2.24, 2.45) is 11.6 Å². The molecule has 0 heterocycles. The molecule has 0 bridgehead atoms. The Morgan fingerprint density at radius 1 is 1.36 bits per heavy atom. The zero-order valence-electron chi connectivity index (χ0n) is 7.08. The number of hydrogen-bond acceptors (Lipinski definition) is 3. The topological polar surface area (TPSA) is 58.5 Å². The summed E-state index contributed by atoms with van der Waals surface area (Å²) in [5.74, 6) is 5.45. The first-order valence-corrected chi connectivity index (χ1v) is 3.91. The van der Waals surface area contributed by atoms with Crippen molar-refractivity contribution in [2.75, 3.05) is 27.2 Å². The second kappa shape index (κ2) is 5.29. The first kappa shape index (κ1) is 10.6. The van der Waals surface area contributed by atoms with Gasteiger partial charge in [-0.3, -0.25) is 5.01 Å². The van der Waals surface area contributed by atoms with Crippen LogP contribution in [0.5, 0.6) is 0 Å². The van der Waals surface area contributed by atoms with E-state index in [1.54, 1.807) is 0 Å². The van der Waals surface area contributed by atoms with Crippen molar-refractivity contribution in [1.29, 1.82) is 0 Å². The fraction of sp³-hybridized carbons (Fsp3) is 0.833. The molecule has 4 N–H and O–H groups in total. The van der Waals surface area contributed by atoms with Gasteiger partial charge in [-0.25, -0.2) is 5.84 Å². The lowest BCUT2D eigenvalue weighted by molar-refractivity contribution is 0.354. The van der Waals surface area contributed by atoms with Crippen molar-refractivity contribution >= 4 is 17.3 Å². The summed E-state index contributed by atoms with van der Waals surface area (Å²) in [5.41, 5.74) is 5.27. The van der Waals surface area contributed by atoms with Crippen LogP contribution >= 0.6 is 12.2 Å². The van der Waals surface area contributed by atoms with Crippen LogP contribution in [-0.4, -0.2) is 42.2 Å². The molecule has 0 atom stereocenters. The van der Waals surface area contributed by atoms with E-state index in [2.05, 4.69) is 17.1 Å². The van der Waals surface area contributed by atoms with Crippen LogP contribution in [-0.2, 0) is 0 Å². The predicted octanol–water partition coefficient (Wildman–Crippen LogP) is -0.643. The maximum Gasteiger partial charge on any atom is 0.180 e. The molecule has 0 aromatic heterocycles. The van der Waals surface area contributed by atoms with E-state index in [-0.39, 0.29) is 5.11 Å². The third kappa shape index (κ3) is 6.03. The monoisotopic (exact) mass is 176 g/mol. The second-order valence-corrected chi connectivity index (χ2v) is 3.11. The Morgan fingerprint density at radius 2 is 1.91 bits per heavy atom. The molecule has 0 rings (SSSR count). The van der Waals surface area contributed by atoms with Crippen LogP contribution in [0.4, 0.5) is 0 Å². The highest BCUT2D eigenvalue weighted by Gasteiger charge is 1.98. The van der Waals surface area contributed by atoms with Gasteiger partial charge >= 0.3 is 0 Å². The summed E-state index contributed by atoms with van der Waals surface area (Å²) < 4.78 is 0. The molecule has 0 amide bonds. The molecule has 0 aromatic carbocycles. The highest BCUT2D eigenvalue weighted by atomic mass is 32.1. The molecule has 11 heavy (non-hydrogen) atoms. The van der Waals surface area contributed by atoms with Gasteiger partial charge in [0.15, 0.2) is 5.11 Å². The number of rotatable bonds is 4. The number of nitrogens with two attached hydrogens (primary N) is 2. The van der Waals surface area contributed by atoms with Crippen molar-refractivity contribution in [3.8, 4) is 0 Å². The Bertz CT molecular complexity index is 126. The smallest absolute Gasteiger partial charge is 0.180 e. The molecule has 4 nitrogen and oxygen atoms in total. The van der Waals surface area contributed by atoms with Crippen LogP contribution in [0.25, 0.3) is 0 Å². The molecule has 0 spiro atoms. The summed E-state index contributed by atoms with van der Waals surface area (Å²) in [6.07, 6.45) is 0.973. The first-order chi connectivity index (χ1) is 5.04. The highest BCUT2D eigenvalue weighted by Crippen LogP contribution is 1.86. The SMILES string of the molecule is CN(C)CCCN(N)C(N)=S. The van der Waals surface area contributed by atoms with E-state index in [1.807, 2.05) is 14.1 Å². The normalized spacial score (nSPS) is 10.2. The predicted molar refractivity (Wildman–Crippen MR) is 50.8 cm³/mol. The van der Waals surface area contributed by atoms with Crippen LogP contribution in [0.1, 0.15) is 6.42 Å². The van der Waals surface area contributed by atoms with Gasteiger partial charge in [0.1, 0.15) is 0 Å². The van der Waals surface area contributed by atoms with Gasteiger partial charge in [-0.15, -0.1) is 0 Å². The Balaban J connectivity index is 3.31. The molecule has 66 valence electrons. The van der Waals surface area contributed by atoms with Crippen molar-refractivity contribution in [2.45, 2.75) is 6.42 Å². The van der Waals surface area contributed by atoms with E-state index in [9.17, 15) is 0 Å². The lowest BCUT2D eigenvalue weighted by Crippen LogP contribution is -2.42. The van der Waals surface area contributed by atoms with E-state index in [0.717, 1.165) is 13.0 Å². The lowest BCUT2D eigenvalue weighted by Gasteiger charge is -2.17. The summed E-state index contributed by atoms with van der Waals surface area (Å²) in [6.45, 7) is 1.71. The van der Waals surface area contributed by atoms with Gasteiger partial charge in [0.05, 0.1) is 0 Å². The Morgan fingerprint density at radius 3 is 2.27 bits per heavy atom. The van der Waals surface area contributed by atoms with Crippen molar-refractivity contribution in [1.82, 2.24) is 9.91 Å². The van der Waals surface area contributed by atoms with E-state index >= 15 is 0 Å². The summed E-state index contributed by atoms with van der Waals surface area (Å²) in [7, 11) is 4.03. The molecular weight excluding hydrogens is 160 g/mol. The molecule has 0 aromatic rings. The quantitative estimate of drug-likeness (QED) is 0.339. The molecule has 0 aliphatic heterocycles. The van der Waals surface area contributed by atoms with E-state index in [0.29, 0.717) is 6.54 Å². The molecule has 0 saturated heterocycles. The molecular formula is C6H16N4S. The fourth-order valence-corrected chi connectivity index (χ4v) is 0.759. The van der Waals surface area contributed by atoms with Gasteiger partial charge < -0.3 is 10.6 Å². The molecule has 5 heteroatoms. The highest BCUT2D eigenvalue weighted by molar-refractivity contribution is 7.80. The van der Waals surface area contributed by atoms with Crippen molar-refractivity contribution in [3.05, 3.63) is 0 Å². The van der Waals surface area contributed by atoms with Crippen LogP contribution < -0.4 is 11.6 Å². The minimum atomic E-state index is 0.253. The van der Waals surface area contributed by atoms with Crippen LogP contribution in [0.3, 0.4) is 0 Å². The van der Waals surface area contributed by atoms with Gasteiger partial charge in [-0.2, -0.15) is 0 Å². The minimum absolute atomic E-state index is 0.253. The molecule has 0 saturated carbocycles. The first-order valence-electron chi connectivity index (χ1n) is 3.50. The third-order valence-electron chi connectivity index (χ3n) is 1.29. The molecule has 0 aliphatic carbocycles. The zero-order chi connectivity index (χ0) is 8.85. The van der Waals surface area contributed by atoms with E-state index in [1.165, 1.54) is 5.01 Å². The van der Waals surface area contributed by atoms with Crippen LogP contribution in [0.2, 0.25) is 0 Å². The van der Waals surface area contributed by atoms with Gasteiger partial charge in [0.2, 0.25) is 0 Å². The van der Waals surface area contributed by atoms with Crippen molar-refractivity contribution in [3.63, 3.8) is 0 Å². The third-order valence-corrected chi connectivity index (χ3v) is 1.52. The Hall–Kier alpha value is -0.390. The Kier molecular flexibility index (Phi) is 5.10. The molecule has 0 aliphatic rings. The van der Waals surface area contributed by atoms with Gasteiger partial charge in [0, 0.05) is 6.54 Å².